The Bertz CT molecular complexity index is 715. The first-order valence-electron chi connectivity index (χ1n) is 7.72. The third kappa shape index (κ3) is 3.27. The number of rotatable bonds is 4. The topological polar surface area (TPSA) is 46.9 Å². The second-order valence-corrected chi connectivity index (χ2v) is 5.94. The van der Waals surface area contributed by atoms with Crippen LogP contribution in [0.15, 0.2) is 42.5 Å². The number of aryl methyl sites for hydroxylation is 2. The van der Waals surface area contributed by atoms with Crippen molar-refractivity contribution in [1.29, 1.82) is 0 Å². The molecule has 0 saturated heterocycles. The molecule has 1 N–H and O–H groups in total. The standard InChI is InChI=1S/C18H21N3O/c1-13-6-5-9-16(10-13)21-17(11-14(2)20-21)19-18(22)12-15-7-3-4-8-15/h3,5-7,9-11,15H,4,8,12H2,1-2H3,(H,19,22)/t15-/m0/s1. The maximum atomic E-state index is 12.2. The summed E-state index contributed by atoms with van der Waals surface area (Å²) < 4.78 is 1.80. The van der Waals surface area contributed by atoms with Crippen molar-refractivity contribution in [2.75, 3.05) is 5.32 Å². The van der Waals surface area contributed by atoms with Crippen LogP contribution in [0.1, 0.15) is 30.5 Å². The van der Waals surface area contributed by atoms with E-state index in [1.54, 1.807) is 4.68 Å². The van der Waals surface area contributed by atoms with Gasteiger partial charge in [-0.25, -0.2) is 4.68 Å². The van der Waals surface area contributed by atoms with Crippen molar-refractivity contribution in [3.8, 4) is 5.69 Å². The Morgan fingerprint density at radius 2 is 2.23 bits per heavy atom. The third-order valence-corrected chi connectivity index (χ3v) is 3.91. The zero-order valence-electron chi connectivity index (χ0n) is 13.0. The maximum Gasteiger partial charge on any atom is 0.226 e. The largest absolute Gasteiger partial charge is 0.311 e. The van der Waals surface area contributed by atoms with Crippen LogP contribution >= 0.6 is 0 Å². The molecule has 1 atom stereocenters. The van der Waals surface area contributed by atoms with Gasteiger partial charge in [0.15, 0.2) is 0 Å². The highest BCUT2D eigenvalue weighted by atomic mass is 16.1. The van der Waals surface area contributed by atoms with Gasteiger partial charge >= 0.3 is 0 Å². The second-order valence-electron chi connectivity index (χ2n) is 5.94. The van der Waals surface area contributed by atoms with E-state index < -0.39 is 0 Å². The number of aromatic nitrogens is 2. The molecule has 2 aromatic rings. The predicted octanol–water partition coefficient (Wildman–Crippen LogP) is 3.78. The summed E-state index contributed by atoms with van der Waals surface area (Å²) in [4.78, 5) is 12.2. The Kier molecular flexibility index (Phi) is 4.09. The smallest absolute Gasteiger partial charge is 0.226 e. The van der Waals surface area contributed by atoms with Crippen LogP contribution in [0.4, 0.5) is 5.82 Å². The van der Waals surface area contributed by atoms with E-state index in [0.29, 0.717) is 12.3 Å². The van der Waals surface area contributed by atoms with Crippen molar-refractivity contribution in [1.82, 2.24) is 9.78 Å². The molecule has 0 radical (unpaired) electrons. The van der Waals surface area contributed by atoms with E-state index in [0.717, 1.165) is 30.0 Å². The van der Waals surface area contributed by atoms with Gasteiger partial charge in [0.25, 0.3) is 0 Å². The van der Waals surface area contributed by atoms with Crippen molar-refractivity contribution in [2.24, 2.45) is 5.92 Å². The van der Waals surface area contributed by atoms with Gasteiger partial charge in [0.2, 0.25) is 5.91 Å². The monoisotopic (exact) mass is 295 g/mol. The van der Waals surface area contributed by atoms with Gasteiger partial charge in [-0.3, -0.25) is 4.79 Å². The molecule has 0 fully saturated rings. The summed E-state index contributed by atoms with van der Waals surface area (Å²) in [5.41, 5.74) is 3.01. The molecule has 1 aliphatic carbocycles. The van der Waals surface area contributed by atoms with E-state index in [1.165, 1.54) is 5.56 Å². The molecule has 1 heterocycles. The Morgan fingerprint density at radius 1 is 1.36 bits per heavy atom. The number of amides is 1. The highest BCUT2D eigenvalue weighted by Crippen LogP contribution is 2.22. The minimum absolute atomic E-state index is 0.0466. The minimum atomic E-state index is 0.0466. The molecule has 0 bridgehead atoms. The summed E-state index contributed by atoms with van der Waals surface area (Å²) in [7, 11) is 0. The fourth-order valence-corrected chi connectivity index (χ4v) is 2.84. The van der Waals surface area contributed by atoms with Crippen molar-refractivity contribution >= 4 is 11.7 Å². The lowest BCUT2D eigenvalue weighted by molar-refractivity contribution is -0.116. The van der Waals surface area contributed by atoms with Crippen molar-refractivity contribution in [2.45, 2.75) is 33.1 Å². The summed E-state index contributed by atoms with van der Waals surface area (Å²) in [6.07, 6.45) is 6.98. The molecule has 0 aliphatic heterocycles. The lowest BCUT2D eigenvalue weighted by Crippen LogP contribution is -2.17. The molecular formula is C18H21N3O. The molecule has 114 valence electrons. The summed E-state index contributed by atoms with van der Waals surface area (Å²) >= 11 is 0. The normalized spacial score (nSPS) is 16.9. The number of carbonyl (C=O) groups excluding carboxylic acids is 1. The van der Waals surface area contributed by atoms with Gasteiger partial charge in [0.05, 0.1) is 11.4 Å². The average Bonchev–Trinajstić information content (AvgIpc) is 3.08. The number of nitrogens with zero attached hydrogens (tertiary/aromatic N) is 2. The fourth-order valence-electron chi connectivity index (χ4n) is 2.84. The Morgan fingerprint density at radius 3 is 2.95 bits per heavy atom. The lowest BCUT2D eigenvalue weighted by atomic mass is 10.1. The quantitative estimate of drug-likeness (QED) is 0.872. The summed E-state index contributed by atoms with van der Waals surface area (Å²) in [5, 5.41) is 7.50. The van der Waals surface area contributed by atoms with Gasteiger partial charge < -0.3 is 5.32 Å². The molecule has 0 unspecified atom stereocenters. The Hall–Kier alpha value is -2.36. The molecule has 4 heteroatoms. The first kappa shape index (κ1) is 14.6. The van der Waals surface area contributed by atoms with Gasteiger partial charge in [0, 0.05) is 12.5 Å². The van der Waals surface area contributed by atoms with Crippen LogP contribution in [0.3, 0.4) is 0 Å². The average molecular weight is 295 g/mol. The molecule has 1 aromatic carbocycles. The van der Waals surface area contributed by atoms with Crippen molar-refractivity contribution in [3.05, 3.63) is 53.7 Å². The number of benzene rings is 1. The van der Waals surface area contributed by atoms with E-state index in [2.05, 4.69) is 28.6 Å². The van der Waals surface area contributed by atoms with Gasteiger partial charge in [0.1, 0.15) is 5.82 Å². The SMILES string of the molecule is Cc1cccc(-n2nc(C)cc2NC(=O)C[C@H]2C=CCC2)c1. The number of carbonyl (C=O) groups is 1. The van der Waals surface area contributed by atoms with Crippen LogP contribution in [0.2, 0.25) is 0 Å². The first-order chi connectivity index (χ1) is 10.6. The van der Waals surface area contributed by atoms with Crippen LogP contribution in [0.25, 0.3) is 5.69 Å². The van der Waals surface area contributed by atoms with Gasteiger partial charge in [-0.2, -0.15) is 5.10 Å². The van der Waals surface area contributed by atoms with Crippen LogP contribution in [0.5, 0.6) is 0 Å². The molecule has 1 amide bonds. The Balaban J connectivity index is 1.79. The molecule has 0 spiro atoms. The molecule has 3 rings (SSSR count). The van der Waals surface area contributed by atoms with E-state index in [1.807, 2.05) is 38.1 Å². The van der Waals surface area contributed by atoms with Crippen LogP contribution in [-0.4, -0.2) is 15.7 Å². The van der Waals surface area contributed by atoms with E-state index in [9.17, 15) is 4.79 Å². The number of hydrogen-bond acceptors (Lipinski definition) is 2. The highest BCUT2D eigenvalue weighted by molar-refractivity contribution is 5.90. The van der Waals surface area contributed by atoms with Crippen molar-refractivity contribution in [3.63, 3.8) is 0 Å². The minimum Gasteiger partial charge on any atom is -0.311 e. The molecule has 1 aromatic heterocycles. The fraction of sp³-hybridized carbons (Fsp3) is 0.333. The lowest BCUT2D eigenvalue weighted by Gasteiger charge is -2.11. The summed E-state index contributed by atoms with van der Waals surface area (Å²) in [6.45, 7) is 3.98. The van der Waals surface area contributed by atoms with Gasteiger partial charge in [-0.05, 0) is 50.3 Å². The van der Waals surface area contributed by atoms with Crippen molar-refractivity contribution < 1.29 is 4.79 Å². The van der Waals surface area contributed by atoms with Gasteiger partial charge in [-0.15, -0.1) is 0 Å². The third-order valence-electron chi connectivity index (χ3n) is 3.91. The van der Waals surface area contributed by atoms with Crippen LogP contribution in [-0.2, 0) is 4.79 Å². The maximum absolute atomic E-state index is 12.2. The zero-order valence-corrected chi connectivity index (χ0v) is 13.0. The molecule has 4 nitrogen and oxygen atoms in total. The first-order valence-corrected chi connectivity index (χ1v) is 7.72. The summed E-state index contributed by atoms with van der Waals surface area (Å²) in [6, 6.07) is 10.0. The second kappa shape index (κ2) is 6.18. The number of anilines is 1. The highest BCUT2D eigenvalue weighted by Gasteiger charge is 2.16. The molecule has 22 heavy (non-hydrogen) atoms. The molecule has 0 saturated carbocycles. The number of nitrogens with one attached hydrogen (secondary N) is 1. The van der Waals surface area contributed by atoms with E-state index in [-0.39, 0.29) is 5.91 Å². The summed E-state index contributed by atoms with van der Waals surface area (Å²) in [5.74, 6) is 1.15. The van der Waals surface area contributed by atoms with E-state index >= 15 is 0 Å². The number of allylic oxidation sites excluding steroid dienone is 2. The number of hydrogen-bond donors (Lipinski definition) is 1. The Labute approximate surface area is 130 Å². The predicted molar refractivity (Wildman–Crippen MR) is 88.1 cm³/mol. The van der Waals surface area contributed by atoms with E-state index in [4.69, 9.17) is 0 Å². The van der Waals surface area contributed by atoms with Crippen LogP contribution < -0.4 is 5.32 Å². The van der Waals surface area contributed by atoms with Crippen LogP contribution in [0, 0.1) is 19.8 Å². The zero-order chi connectivity index (χ0) is 15.5. The van der Waals surface area contributed by atoms with Gasteiger partial charge in [-0.1, -0.05) is 24.3 Å². The molecular weight excluding hydrogens is 274 g/mol. The molecule has 1 aliphatic rings.